The molecule has 4 nitrogen and oxygen atoms in total. The van der Waals surface area contributed by atoms with Crippen LogP contribution in [0.4, 0.5) is 5.69 Å². The van der Waals surface area contributed by atoms with Gasteiger partial charge in [0.25, 0.3) is 5.91 Å². The maximum Gasteiger partial charge on any atom is 0.272 e. The standard InChI is InChI=1S/C15H14N2O2S/c1-17-12-6-7-20-14(12)9-13(17)15(18)16-10-4-3-5-11(8-10)19-2/h3-9H,1-2H3,(H,16,18). The van der Waals surface area contributed by atoms with E-state index in [1.807, 2.05) is 47.3 Å². The number of methoxy groups -OCH3 is 1. The number of rotatable bonds is 3. The van der Waals surface area contributed by atoms with Gasteiger partial charge in [0.2, 0.25) is 0 Å². The molecule has 0 saturated carbocycles. The third kappa shape index (κ3) is 2.16. The van der Waals surface area contributed by atoms with Crippen LogP contribution in [0.3, 0.4) is 0 Å². The predicted molar refractivity (Wildman–Crippen MR) is 81.7 cm³/mol. The molecule has 0 atom stereocenters. The van der Waals surface area contributed by atoms with Gasteiger partial charge in [0.05, 0.1) is 17.3 Å². The van der Waals surface area contributed by atoms with Crippen LogP contribution in [-0.4, -0.2) is 17.6 Å². The number of hydrogen-bond donors (Lipinski definition) is 1. The lowest BCUT2D eigenvalue weighted by atomic mass is 10.3. The van der Waals surface area contributed by atoms with Crippen molar-refractivity contribution in [3.05, 3.63) is 47.5 Å². The number of aryl methyl sites for hydroxylation is 1. The molecule has 1 amide bonds. The highest BCUT2D eigenvalue weighted by Gasteiger charge is 2.14. The summed E-state index contributed by atoms with van der Waals surface area (Å²) in [4.78, 5) is 12.3. The SMILES string of the molecule is COc1cccc(NC(=O)c2cc3sccc3n2C)c1. The molecule has 0 spiro atoms. The molecule has 5 heteroatoms. The number of thiophene rings is 1. The smallest absolute Gasteiger partial charge is 0.272 e. The van der Waals surface area contributed by atoms with Crippen molar-refractivity contribution in [3.63, 3.8) is 0 Å². The zero-order chi connectivity index (χ0) is 14.1. The van der Waals surface area contributed by atoms with E-state index in [-0.39, 0.29) is 5.91 Å². The van der Waals surface area contributed by atoms with Crippen LogP contribution in [0, 0.1) is 0 Å². The van der Waals surface area contributed by atoms with Crippen LogP contribution in [0.2, 0.25) is 0 Å². The Morgan fingerprint density at radius 2 is 2.15 bits per heavy atom. The van der Waals surface area contributed by atoms with Crippen LogP contribution >= 0.6 is 11.3 Å². The zero-order valence-electron chi connectivity index (χ0n) is 11.2. The van der Waals surface area contributed by atoms with E-state index in [1.54, 1.807) is 24.5 Å². The molecule has 2 aromatic heterocycles. The molecule has 0 fully saturated rings. The van der Waals surface area contributed by atoms with Gasteiger partial charge in [0, 0.05) is 18.8 Å². The predicted octanol–water partition coefficient (Wildman–Crippen LogP) is 3.50. The Labute approximate surface area is 120 Å². The fourth-order valence-electron chi connectivity index (χ4n) is 2.16. The van der Waals surface area contributed by atoms with E-state index >= 15 is 0 Å². The number of anilines is 1. The molecule has 3 rings (SSSR count). The third-order valence-electron chi connectivity index (χ3n) is 3.22. The average molecular weight is 286 g/mol. The average Bonchev–Trinajstić information content (AvgIpc) is 3.02. The summed E-state index contributed by atoms with van der Waals surface area (Å²) in [6.07, 6.45) is 0. The summed E-state index contributed by atoms with van der Waals surface area (Å²) in [5.74, 6) is 0.597. The first-order chi connectivity index (χ1) is 9.69. The van der Waals surface area contributed by atoms with Gasteiger partial charge in [-0.3, -0.25) is 4.79 Å². The molecule has 20 heavy (non-hydrogen) atoms. The minimum atomic E-state index is -0.121. The lowest BCUT2D eigenvalue weighted by Gasteiger charge is -2.07. The molecule has 0 aliphatic heterocycles. The van der Waals surface area contributed by atoms with Crippen molar-refractivity contribution in [1.82, 2.24) is 4.57 Å². The Morgan fingerprint density at radius 1 is 1.30 bits per heavy atom. The lowest BCUT2D eigenvalue weighted by Crippen LogP contribution is -2.15. The number of aromatic nitrogens is 1. The van der Waals surface area contributed by atoms with Gasteiger partial charge in [-0.05, 0) is 29.6 Å². The Bertz CT molecular complexity index is 773. The highest BCUT2D eigenvalue weighted by molar-refractivity contribution is 7.17. The molecule has 0 radical (unpaired) electrons. The summed E-state index contributed by atoms with van der Waals surface area (Å²) in [6, 6.07) is 11.2. The number of carbonyl (C=O) groups is 1. The fraction of sp³-hybridized carbons (Fsp3) is 0.133. The number of nitrogens with zero attached hydrogens (tertiary/aromatic N) is 1. The van der Waals surface area contributed by atoms with Gasteiger partial charge in [0.1, 0.15) is 11.4 Å². The largest absolute Gasteiger partial charge is 0.497 e. The van der Waals surface area contributed by atoms with Crippen LogP contribution in [0.25, 0.3) is 10.2 Å². The topological polar surface area (TPSA) is 43.3 Å². The van der Waals surface area contributed by atoms with Crippen molar-refractivity contribution in [2.24, 2.45) is 7.05 Å². The maximum absolute atomic E-state index is 12.3. The normalized spacial score (nSPS) is 10.7. The number of nitrogens with one attached hydrogen (secondary N) is 1. The molecule has 0 aliphatic rings. The summed E-state index contributed by atoms with van der Waals surface area (Å²) in [5, 5.41) is 4.91. The number of hydrogen-bond acceptors (Lipinski definition) is 3. The molecule has 3 aromatic rings. The Kier molecular flexibility index (Phi) is 3.20. The van der Waals surface area contributed by atoms with E-state index in [1.165, 1.54) is 0 Å². The third-order valence-corrected chi connectivity index (χ3v) is 4.08. The van der Waals surface area contributed by atoms with E-state index in [4.69, 9.17) is 4.74 Å². The van der Waals surface area contributed by atoms with Crippen LogP contribution in [0.1, 0.15) is 10.5 Å². The second-order valence-electron chi connectivity index (χ2n) is 4.44. The minimum Gasteiger partial charge on any atom is -0.497 e. The molecular formula is C15H14N2O2S. The van der Waals surface area contributed by atoms with Crippen molar-refractivity contribution in [3.8, 4) is 5.75 Å². The van der Waals surface area contributed by atoms with Crippen LogP contribution in [-0.2, 0) is 7.05 Å². The molecule has 1 N–H and O–H groups in total. The Hall–Kier alpha value is -2.27. The van der Waals surface area contributed by atoms with Crippen molar-refractivity contribution in [2.45, 2.75) is 0 Å². The van der Waals surface area contributed by atoms with Crippen LogP contribution < -0.4 is 10.1 Å². The van der Waals surface area contributed by atoms with Gasteiger partial charge in [-0.25, -0.2) is 0 Å². The monoisotopic (exact) mass is 286 g/mol. The van der Waals surface area contributed by atoms with Crippen molar-refractivity contribution >= 4 is 33.1 Å². The molecule has 2 heterocycles. The summed E-state index contributed by atoms with van der Waals surface area (Å²) >= 11 is 1.63. The second kappa shape index (κ2) is 5.02. The van der Waals surface area contributed by atoms with Gasteiger partial charge >= 0.3 is 0 Å². The van der Waals surface area contributed by atoms with Gasteiger partial charge in [-0.1, -0.05) is 6.07 Å². The van der Waals surface area contributed by atoms with Gasteiger partial charge in [0.15, 0.2) is 0 Å². The minimum absolute atomic E-state index is 0.121. The molecule has 0 saturated heterocycles. The first-order valence-corrected chi connectivity index (χ1v) is 7.05. The van der Waals surface area contributed by atoms with E-state index in [9.17, 15) is 4.79 Å². The number of fused-ring (bicyclic) bond motifs is 1. The van der Waals surface area contributed by atoms with E-state index < -0.39 is 0 Å². The van der Waals surface area contributed by atoms with Crippen LogP contribution in [0.15, 0.2) is 41.8 Å². The molecule has 0 aliphatic carbocycles. The van der Waals surface area contributed by atoms with E-state index in [0.717, 1.165) is 21.7 Å². The lowest BCUT2D eigenvalue weighted by molar-refractivity contribution is 0.102. The Balaban J connectivity index is 1.88. The summed E-state index contributed by atoms with van der Waals surface area (Å²) < 4.78 is 8.16. The van der Waals surface area contributed by atoms with Crippen molar-refractivity contribution < 1.29 is 9.53 Å². The van der Waals surface area contributed by atoms with Gasteiger partial charge < -0.3 is 14.6 Å². The van der Waals surface area contributed by atoms with Gasteiger partial charge in [-0.15, -0.1) is 11.3 Å². The van der Waals surface area contributed by atoms with Crippen molar-refractivity contribution in [1.29, 1.82) is 0 Å². The maximum atomic E-state index is 12.3. The number of ether oxygens (including phenoxy) is 1. The number of carbonyl (C=O) groups excluding carboxylic acids is 1. The summed E-state index contributed by atoms with van der Waals surface area (Å²) in [6.45, 7) is 0. The summed E-state index contributed by atoms with van der Waals surface area (Å²) in [7, 11) is 3.50. The van der Waals surface area contributed by atoms with E-state index in [2.05, 4.69) is 5.32 Å². The highest BCUT2D eigenvalue weighted by atomic mass is 32.1. The molecule has 1 aromatic carbocycles. The quantitative estimate of drug-likeness (QED) is 0.800. The highest BCUT2D eigenvalue weighted by Crippen LogP contribution is 2.25. The molecule has 102 valence electrons. The summed E-state index contributed by atoms with van der Waals surface area (Å²) in [5.41, 5.74) is 2.44. The first-order valence-electron chi connectivity index (χ1n) is 6.17. The van der Waals surface area contributed by atoms with Crippen LogP contribution in [0.5, 0.6) is 5.75 Å². The molecule has 0 unspecified atom stereocenters. The number of benzene rings is 1. The van der Waals surface area contributed by atoms with E-state index in [0.29, 0.717) is 5.69 Å². The fourth-order valence-corrected chi connectivity index (χ4v) is 3.01. The first kappa shape index (κ1) is 12.7. The molecule has 0 bridgehead atoms. The van der Waals surface area contributed by atoms with Crippen molar-refractivity contribution in [2.75, 3.05) is 12.4 Å². The molecular weight excluding hydrogens is 272 g/mol. The Morgan fingerprint density at radius 3 is 2.90 bits per heavy atom. The zero-order valence-corrected chi connectivity index (χ0v) is 12.0. The second-order valence-corrected chi connectivity index (χ2v) is 5.39. The number of amides is 1. The van der Waals surface area contributed by atoms with Gasteiger partial charge in [-0.2, -0.15) is 0 Å².